The van der Waals surface area contributed by atoms with E-state index in [2.05, 4.69) is 17.1 Å². The van der Waals surface area contributed by atoms with Gasteiger partial charge in [-0.05, 0) is 12.5 Å². The van der Waals surface area contributed by atoms with Crippen LogP contribution in [0.4, 0.5) is 0 Å². The Bertz CT molecular complexity index is 402. The molecule has 5 nitrogen and oxygen atoms in total. The Morgan fingerprint density at radius 1 is 1.53 bits per heavy atom. The first-order chi connectivity index (χ1) is 7.02. The minimum Gasteiger partial charge on any atom is -0.504 e. The Kier molecular flexibility index (Phi) is 3.31. The molecule has 0 saturated heterocycles. The molecule has 0 bridgehead atoms. The van der Waals surface area contributed by atoms with Gasteiger partial charge in [-0.2, -0.15) is 0 Å². The third-order valence-electron chi connectivity index (χ3n) is 2.01. The van der Waals surface area contributed by atoms with Crippen LogP contribution in [0.5, 0.6) is 17.2 Å². The molecule has 3 N–H and O–H groups in total. The second-order valence-corrected chi connectivity index (χ2v) is 3.03. The van der Waals surface area contributed by atoms with Gasteiger partial charge in [-0.3, -0.25) is 0 Å². The predicted molar refractivity (Wildman–Crippen MR) is 55.7 cm³/mol. The first-order valence-corrected chi connectivity index (χ1v) is 4.51. The first kappa shape index (κ1) is 11.5. The van der Waals surface area contributed by atoms with E-state index >= 15 is 0 Å². The van der Waals surface area contributed by atoms with Crippen LogP contribution >= 0.6 is 12.9 Å². The number of aromatic carboxylic acids is 1. The summed E-state index contributed by atoms with van der Waals surface area (Å²) >= 11 is 3.50. The third-order valence-corrected chi connectivity index (χ3v) is 2.20. The number of carboxylic acids is 1. The van der Waals surface area contributed by atoms with Gasteiger partial charge in [-0.15, -0.1) is 0 Å². The Morgan fingerprint density at radius 2 is 2.13 bits per heavy atom. The molecule has 0 heterocycles. The standard InChI is InChI=1S/C9H10O5S/c1-2-4-5(9(12)13)3-6(10)7(11)8(4)14-15/h3,10-11,15H,2H2,1H3,(H,12,13). The van der Waals surface area contributed by atoms with Crippen molar-refractivity contribution in [2.75, 3.05) is 0 Å². The van der Waals surface area contributed by atoms with E-state index in [0.29, 0.717) is 6.42 Å². The van der Waals surface area contributed by atoms with Gasteiger partial charge in [-0.25, -0.2) is 4.79 Å². The molecule has 0 aromatic heterocycles. The van der Waals surface area contributed by atoms with Gasteiger partial charge in [0.15, 0.2) is 11.5 Å². The molecule has 0 atom stereocenters. The van der Waals surface area contributed by atoms with Crippen LogP contribution in [0, 0.1) is 0 Å². The van der Waals surface area contributed by atoms with Crippen molar-refractivity contribution in [3.05, 3.63) is 17.2 Å². The van der Waals surface area contributed by atoms with Crippen LogP contribution < -0.4 is 4.18 Å². The summed E-state index contributed by atoms with van der Waals surface area (Å²) in [7, 11) is 0. The monoisotopic (exact) mass is 230 g/mol. The molecular formula is C9H10O5S. The average molecular weight is 230 g/mol. The van der Waals surface area contributed by atoms with Gasteiger partial charge < -0.3 is 19.5 Å². The summed E-state index contributed by atoms with van der Waals surface area (Å²) in [6.07, 6.45) is 0.339. The minimum absolute atomic E-state index is 0.114. The fraction of sp³-hybridized carbons (Fsp3) is 0.222. The van der Waals surface area contributed by atoms with Crippen LogP contribution in [0.2, 0.25) is 0 Å². The van der Waals surface area contributed by atoms with Crippen molar-refractivity contribution in [1.29, 1.82) is 0 Å². The topological polar surface area (TPSA) is 87.0 Å². The summed E-state index contributed by atoms with van der Waals surface area (Å²) in [6.45, 7) is 1.70. The second-order valence-electron chi connectivity index (χ2n) is 2.85. The lowest BCUT2D eigenvalue weighted by Gasteiger charge is -2.11. The van der Waals surface area contributed by atoms with Crippen LogP contribution in [0.3, 0.4) is 0 Å². The molecule has 1 aromatic carbocycles. The molecule has 0 aliphatic rings. The van der Waals surface area contributed by atoms with E-state index in [4.69, 9.17) is 5.11 Å². The molecule has 0 radical (unpaired) electrons. The summed E-state index contributed by atoms with van der Waals surface area (Å²) in [5.41, 5.74) is 0.171. The van der Waals surface area contributed by atoms with Gasteiger partial charge in [0.1, 0.15) is 0 Å². The largest absolute Gasteiger partial charge is 0.504 e. The second kappa shape index (κ2) is 4.31. The average Bonchev–Trinajstić information content (AvgIpc) is 2.20. The van der Waals surface area contributed by atoms with E-state index in [1.54, 1.807) is 6.92 Å². The molecule has 82 valence electrons. The number of carbonyl (C=O) groups is 1. The Morgan fingerprint density at radius 3 is 2.53 bits per heavy atom. The van der Waals surface area contributed by atoms with Crippen molar-refractivity contribution in [3.8, 4) is 17.2 Å². The molecular weight excluding hydrogens is 220 g/mol. The van der Waals surface area contributed by atoms with Gasteiger partial charge in [-0.1, -0.05) is 6.92 Å². The van der Waals surface area contributed by atoms with E-state index in [0.717, 1.165) is 6.07 Å². The maximum Gasteiger partial charge on any atom is 0.336 e. The number of rotatable bonds is 3. The van der Waals surface area contributed by atoms with Crippen molar-refractivity contribution in [2.45, 2.75) is 13.3 Å². The molecule has 0 amide bonds. The molecule has 0 spiro atoms. The fourth-order valence-corrected chi connectivity index (χ4v) is 1.51. The van der Waals surface area contributed by atoms with E-state index in [-0.39, 0.29) is 16.9 Å². The number of carboxylic acid groups (broad SMARTS) is 1. The Hall–Kier alpha value is -1.56. The highest BCUT2D eigenvalue weighted by molar-refractivity contribution is 7.75. The maximum absolute atomic E-state index is 10.8. The Labute approximate surface area is 91.5 Å². The molecule has 1 rings (SSSR count). The zero-order chi connectivity index (χ0) is 11.6. The lowest BCUT2D eigenvalue weighted by atomic mass is 10.0. The van der Waals surface area contributed by atoms with Gasteiger partial charge in [0.2, 0.25) is 5.75 Å². The number of phenolic OH excluding ortho intramolecular Hbond substituents is 2. The number of thiol groups is 1. The summed E-state index contributed by atoms with van der Waals surface area (Å²) in [6, 6.07) is 0.979. The van der Waals surface area contributed by atoms with Crippen LogP contribution in [0.15, 0.2) is 6.07 Å². The highest BCUT2D eigenvalue weighted by Gasteiger charge is 2.21. The molecule has 6 heteroatoms. The van der Waals surface area contributed by atoms with Crippen molar-refractivity contribution < 1.29 is 24.3 Å². The van der Waals surface area contributed by atoms with Crippen molar-refractivity contribution in [2.24, 2.45) is 0 Å². The number of benzene rings is 1. The number of hydrogen-bond donors (Lipinski definition) is 4. The lowest BCUT2D eigenvalue weighted by Crippen LogP contribution is -2.03. The number of phenols is 2. The number of hydrogen-bond acceptors (Lipinski definition) is 5. The normalized spacial score (nSPS) is 10.0. The smallest absolute Gasteiger partial charge is 0.336 e. The van der Waals surface area contributed by atoms with Crippen molar-refractivity contribution in [3.63, 3.8) is 0 Å². The van der Waals surface area contributed by atoms with Gasteiger partial charge in [0.25, 0.3) is 0 Å². The molecule has 0 fully saturated rings. The highest BCUT2D eigenvalue weighted by Crippen LogP contribution is 2.41. The predicted octanol–water partition coefficient (Wildman–Crippen LogP) is 1.58. The van der Waals surface area contributed by atoms with Gasteiger partial charge in [0, 0.05) is 18.5 Å². The van der Waals surface area contributed by atoms with Gasteiger partial charge in [0.05, 0.1) is 5.56 Å². The van der Waals surface area contributed by atoms with Gasteiger partial charge >= 0.3 is 5.97 Å². The van der Waals surface area contributed by atoms with Crippen molar-refractivity contribution >= 4 is 18.9 Å². The maximum atomic E-state index is 10.8. The Balaban J connectivity index is 3.54. The zero-order valence-corrected chi connectivity index (χ0v) is 8.78. The van der Waals surface area contributed by atoms with Crippen LogP contribution in [0.1, 0.15) is 22.8 Å². The first-order valence-electron chi connectivity index (χ1n) is 4.15. The molecule has 15 heavy (non-hydrogen) atoms. The zero-order valence-electron chi connectivity index (χ0n) is 7.89. The lowest BCUT2D eigenvalue weighted by molar-refractivity contribution is 0.0695. The summed E-state index contributed by atoms with van der Waals surface area (Å²) in [5.74, 6) is -2.38. The van der Waals surface area contributed by atoms with E-state index in [9.17, 15) is 15.0 Å². The van der Waals surface area contributed by atoms with E-state index in [1.807, 2.05) is 0 Å². The molecule has 0 aliphatic carbocycles. The molecule has 1 aromatic rings. The van der Waals surface area contributed by atoms with Crippen LogP contribution in [-0.2, 0) is 6.42 Å². The third kappa shape index (κ3) is 1.94. The van der Waals surface area contributed by atoms with E-state index in [1.165, 1.54) is 0 Å². The minimum atomic E-state index is -1.20. The van der Waals surface area contributed by atoms with E-state index < -0.39 is 17.5 Å². The SMILES string of the molecule is CCc1c(C(=O)O)cc(O)c(O)c1OS. The van der Waals surface area contributed by atoms with Crippen LogP contribution in [-0.4, -0.2) is 21.3 Å². The van der Waals surface area contributed by atoms with Crippen LogP contribution in [0.25, 0.3) is 0 Å². The number of aromatic hydroxyl groups is 2. The highest BCUT2D eigenvalue weighted by atomic mass is 32.1. The summed E-state index contributed by atoms with van der Waals surface area (Å²) < 4.78 is 4.56. The van der Waals surface area contributed by atoms with Crippen molar-refractivity contribution in [1.82, 2.24) is 0 Å². The molecule has 0 saturated carbocycles. The molecule has 0 aliphatic heterocycles. The summed E-state index contributed by atoms with van der Waals surface area (Å²) in [4.78, 5) is 10.8. The fourth-order valence-electron chi connectivity index (χ4n) is 1.31. The molecule has 0 unspecified atom stereocenters. The quantitative estimate of drug-likeness (QED) is 0.360. The summed E-state index contributed by atoms with van der Waals surface area (Å²) in [5, 5.41) is 27.5.